The lowest BCUT2D eigenvalue weighted by atomic mass is 9.89. The van der Waals surface area contributed by atoms with Gasteiger partial charge in [-0.15, -0.1) is 0 Å². The molecule has 2 heterocycles. The summed E-state index contributed by atoms with van der Waals surface area (Å²) in [6.07, 6.45) is 5.32. The summed E-state index contributed by atoms with van der Waals surface area (Å²) >= 11 is 0. The summed E-state index contributed by atoms with van der Waals surface area (Å²) in [5.74, 6) is -0.144. The van der Waals surface area contributed by atoms with E-state index in [1.165, 1.54) is 11.1 Å². The van der Waals surface area contributed by atoms with Gasteiger partial charge in [0.25, 0.3) is 5.91 Å². The summed E-state index contributed by atoms with van der Waals surface area (Å²) in [4.78, 5) is 20.3. The number of hydrogen-bond donors (Lipinski definition) is 2. The van der Waals surface area contributed by atoms with Crippen LogP contribution in [0.3, 0.4) is 0 Å². The molecular formula is C28H34N4O. The number of nitrogens with two attached hydrogens (primary N) is 1. The second-order valence-corrected chi connectivity index (χ2v) is 9.93. The summed E-state index contributed by atoms with van der Waals surface area (Å²) in [7, 11) is 0. The molecule has 1 aliphatic rings. The van der Waals surface area contributed by atoms with E-state index in [1.54, 1.807) is 6.20 Å². The number of aryl methyl sites for hydroxylation is 4. The first-order chi connectivity index (χ1) is 15.6. The van der Waals surface area contributed by atoms with Gasteiger partial charge in [-0.2, -0.15) is 0 Å². The summed E-state index contributed by atoms with van der Waals surface area (Å²) < 4.78 is 0. The van der Waals surface area contributed by atoms with Gasteiger partial charge >= 0.3 is 0 Å². The minimum absolute atomic E-state index is 0.144. The minimum atomic E-state index is -0.175. The maximum absolute atomic E-state index is 13.5. The Bertz CT molecular complexity index is 1150. The van der Waals surface area contributed by atoms with Crippen molar-refractivity contribution in [3.8, 4) is 11.1 Å². The highest BCUT2D eigenvalue weighted by Gasteiger charge is 2.30. The van der Waals surface area contributed by atoms with Crippen LogP contribution in [0.15, 0.2) is 48.8 Å². The highest BCUT2D eigenvalue weighted by molar-refractivity contribution is 6.10. The molecule has 5 heteroatoms. The molecule has 0 saturated carbocycles. The van der Waals surface area contributed by atoms with Crippen LogP contribution in [0.4, 0.5) is 11.4 Å². The zero-order valence-corrected chi connectivity index (χ0v) is 20.3. The molecule has 5 nitrogen and oxygen atoms in total. The molecule has 1 amide bonds. The van der Waals surface area contributed by atoms with Gasteiger partial charge in [0.1, 0.15) is 0 Å². The van der Waals surface area contributed by atoms with Crippen molar-refractivity contribution in [2.75, 3.05) is 23.3 Å². The van der Waals surface area contributed by atoms with Gasteiger partial charge in [0.05, 0.1) is 11.3 Å². The van der Waals surface area contributed by atoms with Crippen LogP contribution < -0.4 is 16.0 Å². The number of benzene rings is 2. The molecule has 1 aliphatic heterocycles. The Morgan fingerprint density at radius 1 is 0.909 bits per heavy atom. The lowest BCUT2D eigenvalue weighted by Gasteiger charge is -2.39. The molecule has 0 spiro atoms. The van der Waals surface area contributed by atoms with Crippen molar-refractivity contribution < 1.29 is 4.79 Å². The maximum atomic E-state index is 13.5. The Morgan fingerprint density at radius 3 is 2.03 bits per heavy atom. The third-order valence-electron chi connectivity index (χ3n) is 6.40. The number of amides is 1. The summed E-state index contributed by atoms with van der Waals surface area (Å²) in [6, 6.07) is 12.6. The lowest BCUT2D eigenvalue weighted by molar-refractivity contribution is 0.102. The molecule has 0 radical (unpaired) electrons. The quantitative estimate of drug-likeness (QED) is 0.555. The molecule has 33 heavy (non-hydrogen) atoms. The summed E-state index contributed by atoms with van der Waals surface area (Å²) in [5, 5.41) is 3.11. The largest absolute Gasteiger partial charge is 0.370 e. The van der Waals surface area contributed by atoms with Gasteiger partial charge in [-0.3, -0.25) is 9.78 Å². The van der Waals surface area contributed by atoms with Gasteiger partial charge in [0.15, 0.2) is 0 Å². The molecular weight excluding hydrogens is 408 g/mol. The molecule has 1 fully saturated rings. The standard InChI is InChI=1S/C28H34N4O/c1-18-10-19(2)13-22(12-18)24-16-30-17-25(26(24)32-8-6-28(5,29)7-9-32)27(33)31-23-14-20(3)11-21(4)15-23/h10-17H,6-9,29H2,1-5H3,(H,31,33). The molecule has 0 atom stereocenters. The molecule has 172 valence electrons. The number of carbonyl (C=O) groups is 1. The Kier molecular flexibility index (Phi) is 6.26. The third kappa shape index (κ3) is 5.25. The molecule has 0 bridgehead atoms. The molecule has 3 aromatic rings. The Balaban J connectivity index is 1.80. The van der Waals surface area contributed by atoms with Crippen LogP contribution in [0.1, 0.15) is 52.4 Å². The topological polar surface area (TPSA) is 71.2 Å². The Labute approximate surface area is 197 Å². The number of anilines is 2. The van der Waals surface area contributed by atoms with E-state index in [0.717, 1.165) is 59.6 Å². The van der Waals surface area contributed by atoms with E-state index in [9.17, 15) is 4.79 Å². The monoisotopic (exact) mass is 442 g/mol. The normalized spacial score (nSPS) is 15.4. The highest BCUT2D eigenvalue weighted by atomic mass is 16.1. The second kappa shape index (κ2) is 8.99. The fourth-order valence-corrected chi connectivity index (χ4v) is 4.79. The Hall–Kier alpha value is -3.18. The van der Waals surface area contributed by atoms with Crippen molar-refractivity contribution in [1.29, 1.82) is 0 Å². The average Bonchev–Trinajstić information content (AvgIpc) is 2.72. The first-order valence-corrected chi connectivity index (χ1v) is 11.6. The van der Waals surface area contributed by atoms with Gasteiger partial charge < -0.3 is 16.0 Å². The predicted molar refractivity (Wildman–Crippen MR) is 137 cm³/mol. The molecule has 1 aromatic heterocycles. The van der Waals surface area contributed by atoms with Crippen molar-refractivity contribution in [3.05, 3.63) is 76.6 Å². The fraction of sp³-hybridized carbons (Fsp3) is 0.357. The number of nitrogens with zero attached hydrogens (tertiary/aromatic N) is 2. The molecule has 4 rings (SSSR count). The zero-order valence-electron chi connectivity index (χ0n) is 20.3. The van der Waals surface area contributed by atoms with Crippen LogP contribution in [0.5, 0.6) is 0 Å². The fourth-order valence-electron chi connectivity index (χ4n) is 4.79. The first kappa shape index (κ1) is 23.0. The van der Waals surface area contributed by atoms with E-state index >= 15 is 0 Å². The lowest BCUT2D eigenvalue weighted by Crippen LogP contribution is -2.48. The number of rotatable bonds is 4. The van der Waals surface area contributed by atoms with Gasteiger partial charge in [0.2, 0.25) is 0 Å². The zero-order chi connectivity index (χ0) is 23.8. The SMILES string of the molecule is Cc1cc(C)cc(NC(=O)c2cncc(-c3cc(C)cc(C)c3)c2N2CCC(C)(N)CC2)c1. The predicted octanol–water partition coefficient (Wildman–Crippen LogP) is 5.55. The van der Waals surface area contributed by atoms with E-state index in [0.29, 0.717) is 5.56 Å². The molecule has 1 saturated heterocycles. The van der Waals surface area contributed by atoms with Crippen LogP contribution in [-0.4, -0.2) is 29.5 Å². The van der Waals surface area contributed by atoms with Crippen molar-refractivity contribution in [1.82, 2.24) is 4.98 Å². The van der Waals surface area contributed by atoms with Gasteiger partial charge in [-0.1, -0.05) is 35.4 Å². The minimum Gasteiger partial charge on any atom is -0.370 e. The smallest absolute Gasteiger partial charge is 0.259 e. The van der Waals surface area contributed by atoms with Crippen LogP contribution in [0, 0.1) is 27.7 Å². The van der Waals surface area contributed by atoms with E-state index in [4.69, 9.17) is 5.73 Å². The van der Waals surface area contributed by atoms with Gasteiger partial charge in [-0.05, 0) is 76.3 Å². The summed E-state index contributed by atoms with van der Waals surface area (Å²) in [6.45, 7) is 12.0. The van der Waals surface area contributed by atoms with Crippen LogP contribution in [0.25, 0.3) is 11.1 Å². The number of aromatic nitrogens is 1. The van der Waals surface area contributed by atoms with E-state index in [-0.39, 0.29) is 11.4 Å². The molecule has 0 unspecified atom stereocenters. The molecule has 0 aliphatic carbocycles. The van der Waals surface area contributed by atoms with E-state index in [2.05, 4.69) is 60.2 Å². The van der Waals surface area contributed by atoms with Crippen molar-refractivity contribution >= 4 is 17.3 Å². The van der Waals surface area contributed by atoms with Crippen LogP contribution in [-0.2, 0) is 0 Å². The van der Waals surface area contributed by atoms with E-state index in [1.807, 2.05) is 32.2 Å². The maximum Gasteiger partial charge on any atom is 0.259 e. The number of carbonyl (C=O) groups excluding carboxylic acids is 1. The number of pyridine rings is 1. The number of hydrogen-bond acceptors (Lipinski definition) is 4. The summed E-state index contributed by atoms with van der Waals surface area (Å²) in [5.41, 5.74) is 15.2. The third-order valence-corrected chi connectivity index (χ3v) is 6.40. The Morgan fingerprint density at radius 2 is 1.45 bits per heavy atom. The van der Waals surface area contributed by atoms with Crippen LogP contribution >= 0.6 is 0 Å². The first-order valence-electron chi connectivity index (χ1n) is 11.6. The molecule has 3 N–H and O–H groups in total. The number of nitrogens with one attached hydrogen (secondary N) is 1. The van der Waals surface area contributed by atoms with E-state index < -0.39 is 0 Å². The van der Waals surface area contributed by atoms with Crippen LogP contribution in [0.2, 0.25) is 0 Å². The van der Waals surface area contributed by atoms with Crippen molar-refractivity contribution in [3.63, 3.8) is 0 Å². The van der Waals surface area contributed by atoms with Gasteiger partial charge in [0, 0.05) is 42.3 Å². The average molecular weight is 443 g/mol. The van der Waals surface area contributed by atoms with Crippen molar-refractivity contribution in [2.45, 2.75) is 53.0 Å². The van der Waals surface area contributed by atoms with Crippen molar-refractivity contribution in [2.24, 2.45) is 5.73 Å². The number of piperidine rings is 1. The molecule has 2 aromatic carbocycles. The second-order valence-electron chi connectivity index (χ2n) is 9.93. The highest BCUT2D eigenvalue weighted by Crippen LogP contribution is 2.37. The van der Waals surface area contributed by atoms with Gasteiger partial charge in [-0.25, -0.2) is 0 Å².